The lowest BCUT2D eigenvalue weighted by molar-refractivity contribution is 0.0377. The van der Waals surface area contributed by atoms with Gasteiger partial charge in [0, 0.05) is 39.8 Å². The number of aryl methyl sites for hydroxylation is 1. The smallest absolute Gasteiger partial charge is 0.408 e. The van der Waals surface area contributed by atoms with Crippen molar-refractivity contribution in [2.75, 3.05) is 0 Å². The van der Waals surface area contributed by atoms with E-state index in [4.69, 9.17) is 25.2 Å². The quantitative estimate of drug-likeness (QED) is 0.160. The molecule has 0 radical (unpaired) electrons. The van der Waals surface area contributed by atoms with Crippen LogP contribution in [0.2, 0.25) is 0 Å². The molecule has 3 N–H and O–H groups in total. The van der Waals surface area contributed by atoms with Gasteiger partial charge in [-0.25, -0.2) is 9.78 Å². The summed E-state index contributed by atoms with van der Waals surface area (Å²) in [5, 5.41) is 11.3. The second-order valence-corrected chi connectivity index (χ2v) is 18.7. The summed E-state index contributed by atoms with van der Waals surface area (Å²) in [6.45, 7) is 5.94. The lowest BCUT2D eigenvalue weighted by Crippen LogP contribution is -2.52. The molecule has 4 heterocycles. The number of benzene rings is 4. The van der Waals surface area contributed by atoms with Crippen molar-refractivity contribution >= 4 is 11.9 Å². The largest absolute Gasteiger partial charge is 0.468 e. The average Bonchev–Trinajstić information content (AvgIpc) is 3.79. The summed E-state index contributed by atoms with van der Waals surface area (Å²) in [6, 6.07) is 41.4. The van der Waals surface area contributed by atoms with Gasteiger partial charge in [0.15, 0.2) is 18.2 Å². The monoisotopic (exact) mass is 863 g/mol. The Morgan fingerprint density at radius 1 is 0.708 bits per heavy atom. The van der Waals surface area contributed by atoms with Gasteiger partial charge in [0.25, 0.3) is 0 Å². The molecule has 11 rings (SSSR count). The first-order valence-corrected chi connectivity index (χ1v) is 22.7. The number of pyridine rings is 2. The maximum Gasteiger partial charge on any atom is 0.408 e. The second kappa shape index (κ2) is 16.9. The Hall–Kier alpha value is -6.98. The number of carbonyl (C=O) groups is 2. The van der Waals surface area contributed by atoms with E-state index in [1.165, 1.54) is 12.0 Å². The maximum atomic E-state index is 12.6. The summed E-state index contributed by atoms with van der Waals surface area (Å²) >= 11 is 0. The molecule has 1 aliphatic heterocycles. The molecule has 4 aromatic carbocycles. The molecule has 7 aromatic rings. The van der Waals surface area contributed by atoms with Gasteiger partial charge in [0.2, 0.25) is 5.88 Å². The highest BCUT2D eigenvalue weighted by atomic mass is 16.6. The molecule has 2 saturated carbocycles. The van der Waals surface area contributed by atoms with Crippen LogP contribution in [0.3, 0.4) is 0 Å². The van der Waals surface area contributed by atoms with E-state index < -0.39 is 11.1 Å². The molecule has 0 saturated heterocycles. The lowest BCUT2D eigenvalue weighted by Gasteiger charge is -2.43. The van der Waals surface area contributed by atoms with Crippen molar-refractivity contribution in [2.45, 2.75) is 102 Å². The number of amides is 1. The van der Waals surface area contributed by atoms with Gasteiger partial charge < -0.3 is 20.5 Å². The van der Waals surface area contributed by atoms with Gasteiger partial charge in [-0.3, -0.25) is 14.3 Å². The molecule has 3 aliphatic carbocycles. The number of rotatable bonds is 7. The highest BCUT2D eigenvalue weighted by molar-refractivity contribution is 6.00. The fourth-order valence-electron chi connectivity index (χ4n) is 9.37. The van der Waals surface area contributed by atoms with Crippen LogP contribution in [0.4, 0.5) is 4.79 Å². The van der Waals surface area contributed by atoms with Crippen molar-refractivity contribution in [2.24, 2.45) is 5.73 Å². The molecule has 2 fully saturated rings. The van der Waals surface area contributed by atoms with Gasteiger partial charge in [0.1, 0.15) is 17.6 Å². The molecule has 1 amide bonds. The fraction of sp³-hybridized carbons (Fsp3) is 0.296. The summed E-state index contributed by atoms with van der Waals surface area (Å²) in [4.78, 5) is 35.0. The summed E-state index contributed by atoms with van der Waals surface area (Å²) in [5.41, 5.74) is 18.2. The maximum absolute atomic E-state index is 12.6. The number of Topliss-reactive ketones (excluding diaryl/α,β-unsaturated/α-hetero) is 1. The number of ketones is 1. The Morgan fingerprint density at radius 3 is 1.89 bits per heavy atom. The number of aromatic nitrogens is 5. The van der Waals surface area contributed by atoms with E-state index in [-0.39, 0.29) is 17.4 Å². The van der Waals surface area contributed by atoms with Crippen molar-refractivity contribution in [1.82, 2.24) is 30.0 Å². The molecule has 0 spiro atoms. The summed E-state index contributed by atoms with van der Waals surface area (Å²) < 4.78 is 13.4. The standard InChI is InChI=1S/C29H29N5O3.C25H24N2O/c1-28(2,3)37-27(35)32-29(14-7-15-29)21-12-10-20(11-13-21)25-22(19-8-5-4-6-9-19)16-23-26(31-25)36-17-24-33-30-18-34(23)24;26-25(14-5-15-25)19-12-10-18(11-13-19)24-20(17-6-2-1-3-7-17)16-21-22(27-24)8-4-9-23(21)28/h4-6,8-13,16,18H,7,14-15,17H2,1-3H3,(H,32,35);1-3,6-7,10-13,16H,4-5,8-9,14-15,26H2. The zero-order valence-corrected chi connectivity index (χ0v) is 37.1. The SMILES string of the molecule is CC(C)(C)OC(=O)NC1(c2ccc(-c3nc4c(cc3-c3ccccc3)-n3cnnc3CO4)cc2)CCC1.NC1(c2ccc(-c3nc4c(cc3-c3ccccc3)C(=O)CCC4)cc2)CCC1. The van der Waals surface area contributed by atoms with E-state index in [0.29, 0.717) is 18.9 Å². The van der Waals surface area contributed by atoms with Crippen molar-refractivity contribution < 1.29 is 19.1 Å². The first-order chi connectivity index (χ1) is 31.5. The van der Waals surface area contributed by atoms with Crippen LogP contribution in [-0.4, -0.2) is 42.2 Å². The normalized spacial score (nSPS) is 16.5. The van der Waals surface area contributed by atoms with Crippen molar-refractivity contribution in [3.63, 3.8) is 0 Å². The van der Waals surface area contributed by atoms with Gasteiger partial charge in [0.05, 0.1) is 22.6 Å². The molecule has 11 nitrogen and oxygen atoms in total. The summed E-state index contributed by atoms with van der Waals surface area (Å²) in [5.74, 6) is 1.50. The van der Waals surface area contributed by atoms with Gasteiger partial charge in [-0.15, -0.1) is 10.2 Å². The molecule has 11 heteroatoms. The number of ether oxygens (including phenoxy) is 2. The molecule has 0 atom stereocenters. The second-order valence-electron chi connectivity index (χ2n) is 18.7. The first-order valence-electron chi connectivity index (χ1n) is 22.7. The van der Waals surface area contributed by atoms with Crippen molar-refractivity contribution in [1.29, 1.82) is 0 Å². The molecule has 0 bridgehead atoms. The van der Waals surface area contributed by atoms with Gasteiger partial charge in [-0.2, -0.15) is 0 Å². The van der Waals surface area contributed by atoms with Crippen LogP contribution in [0.15, 0.2) is 128 Å². The molecular weight excluding hydrogens is 811 g/mol. The third kappa shape index (κ3) is 8.32. The van der Waals surface area contributed by atoms with E-state index in [2.05, 4.69) is 100 Å². The van der Waals surface area contributed by atoms with E-state index >= 15 is 0 Å². The van der Waals surface area contributed by atoms with Crippen LogP contribution in [-0.2, 0) is 28.8 Å². The third-order valence-electron chi connectivity index (χ3n) is 13.2. The van der Waals surface area contributed by atoms with Crippen LogP contribution >= 0.6 is 0 Å². The van der Waals surface area contributed by atoms with Gasteiger partial charge in [-0.05, 0) is 107 Å². The fourth-order valence-corrected chi connectivity index (χ4v) is 9.37. The molecule has 3 aromatic heterocycles. The zero-order chi connectivity index (χ0) is 44.8. The van der Waals surface area contributed by atoms with E-state index in [9.17, 15) is 9.59 Å². The van der Waals surface area contributed by atoms with Gasteiger partial charge in [-0.1, -0.05) is 109 Å². The summed E-state index contributed by atoms with van der Waals surface area (Å²) in [7, 11) is 0. The van der Waals surface area contributed by atoms with E-state index in [1.54, 1.807) is 6.33 Å². The van der Waals surface area contributed by atoms with Crippen LogP contribution < -0.4 is 15.8 Å². The lowest BCUT2D eigenvalue weighted by atomic mass is 9.71. The van der Waals surface area contributed by atoms with Gasteiger partial charge >= 0.3 is 6.09 Å². The van der Waals surface area contributed by atoms with Crippen LogP contribution in [0.1, 0.15) is 105 Å². The number of carbonyl (C=O) groups excluding carboxylic acids is 2. The van der Waals surface area contributed by atoms with E-state index in [0.717, 1.165) is 118 Å². The Balaban J connectivity index is 0.000000159. The Labute approximate surface area is 379 Å². The van der Waals surface area contributed by atoms with Crippen molar-refractivity contribution in [3.8, 4) is 56.3 Å². The number of hydrogen-bond acceptors (Lipinski definition) is 9. The number of nitrogens with zero attached hydrogens (tertiary/aromatic N) is 5. The molecule has 65 heavy (non-hydrogen) atoms. The average molecular weight is 864 g/mol. The number of fused-ring (bicyclic) bond motifs is 4. The van der Waals surface area contributed by atoms with Crippen LogP contribution in [0, 0.1) is 0 Å². The molecule has 4 aliphatic rings. The minimum absolute atomic E-state index is 0.156. The predicted molar refractivity (Wildman–Crippen MR) is 251 cm³/mol. The highest BCUT2D eigenvalue weighted by Crippen LogP contribution is 2.44. The molecular formula is C54H53N7O4. The minimum atomic E-state index is -0.541. The topological polar surface area (TPSA) is 147 Å². The number of alkyl carbamates (subject to hydrolysis) is 1. The number of nitrogens with two attached hydrogens (primary N) is 1. The Bertz CT molecular complexity index is 2880. The minimum Gasteiger partial charge on any atom is -0.468 e. The van der Waals surface area contributed by atoms with E-state index in [1.807, 2.05) is 61.7 Å². The Morgan fingerprint density at radius 2 is 1.31 bits per heavy atom. The zero-order valence-electron chi connectivity index (χ0n) is 37.1. The molecule has 328 valence electrons. The number of nitrogens with one attached hydrogen (secondary N) is 1. The summed E-state index contributed by atoms with van der Waals surface area (Å²) in [6.07, 6.45) is 9.82. The van der Waals surface area contributed by atoms with Crippen LogP contribution in [0.25, 0.3) is 50.5 Å². The predicted octanol–water partition coefficient (Wildman–Crippen LogP) is 11.1. The molecule has 0 unspecified atom stereocenters. The van der Waals surface area contributed by atoms with Crippen molar-refractivity contribution in [3.05, 3.63) is 156 Å². The first kappa shape index (κ1) is 42.0. The number of hydrogen-bond donors (Lipinski definition) is 2. The van der Waals surface area contributed by atoms with Crippen LogP contribution in [0.5, 0.6) is 5.88 Å². The highest BCUT2D eigenvalue weighted by Gasteiger charge is 2.41. The Kier molecular flexibility index (Phi) is 10.9. The third-order valence-corrected chi connectivity index (χ3v) is 13.2.